The van der Waals surface area contributed by atoms with Crippen molar-refractivity contribution in [2.75, 3.05) is 0 Å². The van der Waals surface area contributed by atoms with Gasteiger partial charge in [0.05, 0.1) is 18.9 Å². The number of halogens is 1. The highest BCUT2D eigenvalue weighted by Gasteiger charge is 1.94. The molecule has 0 fully saturated rings. The molecule has 0 spiro atoms. The van der Waals surface area contributed by atoms with Crippen molar-refractivity contribution in [3.8, 4) is 0 Å². The van der Waals surface area contributed by atoms with Crippen molar-refractivity contribution in [2.45, 2.75) is 13.3 Å². The zero-order chi connectivity index (χ0) is 7.40. The molecule has 10 heavy (non-hydrogen) atoms. The summed E-state index contributed by atoms with van der Waals surface area (Å²) in [5.41, 5.74) is 1.72. The number of allylic oxidation sites excluding steroid dienone is 1. The third kappa shape index (κ3) is 1.72. The molecule has 0 bridgehead atoms. The SMILES string of the molecule is C/C(=C/F)Cc1ccoc1. The smallest absolute Gasteiger partial charge is 0.0937 e. The van der Waals surface area contributed by atoms with Crippen LogP contribution in [0.25, 0.3) is 0 Å². The highest BCUT2D eigenvalue weighted by atomic mass is 19.1. The predicted molar refractivity (Wildman–Crippen MR) is 37.3 cm³/mol. The molecular weight excluding hydrogens is 131 g/mol. The van der Waals surface area contributed by atoms with E-state index in [1.54, 1.807) is 19.5 Å². The maximum absolute atomic E-state index is 11.8. The van der Waals surface area contributed by atoms with Crippen LogP contribution in [0, 0.1) is 0 Å². The molecule has 0 saturated carbocycles. The second kappa shape index (κ2) is 3.20. The average molecular weight is 140 g/mol. The maximum Gasteiger partial charge on any atom is 0.0937 e. The van der Waals surface area contributed by atoms with Gasteiger partial charge in [-0.25, -0.2) is 4.39 Å². The molecule has 1 aromatic heterocycles. The molecular formula is C8H9FO. The Morgan fingerprint density at radius 2 is 2.60 bits per heavy atom. The predicted octanol–water partition coefficient (Wildman–Crippen LogP) is 2.70. The van der Waals surface area contributed by atoms with Crippen LogP contribution in [-0.4, -0.2) is 0 Å². The Labute approximate surface area is 59.2 Å². The molecule has 1 nitrogen and oxygen atoms in total. The van der Waals surface area contributed by atoms with Crippen LogP contribution < -0.4 is 0 Å². The van der Waals surface area contributed by atoms with Gasteiger partial charge in [0.25, 0.3) is 0 Å². The zero-order valence-electron chi connectivity index (χ0n) is 5.80. The van der Waals surface area contributed by atoms with Gasteiger partial charge in [-0.05, 0) is 30.5 Å². The first-order chi connectivity index (χ1) is 4.83. The van der Waals surface area contributed by atoms with E-state index in [1.165, 1.54) is 0 Å². The number of furan rings is 1. The van der Waals surface area contributed by atoms with Gasteiger partial charge in [0, 0.05) is 0 Å². The Balaban J connectivity index is 2.56. The minimum absolute atomic E-state index is 0.618. The maximum atomic E-state index is 11.8. The standard InChI is InChI=1S/C8H9FO/c1-7(5-9)4-8-2-3-10-6-8/h2-3,5-6H,4H2,1H3/b7-5-. The largest absolute Gasteiger partial charge is 0.472 e. The minimum atomic E-state index is 0.618. The molecule has 0 aliphatic rings. The van der Waals surface area contributed by atoms with Crippen LogP contribution in [-0.2, 0) is 6.42 Å². The Morgan fingerprint density at radius 1 is 1.80 bits per heavy atom. The first-order valence-electron chi connectivity index (χ1n) is 3.10. The fourth-order valence-corrected chi connectivity index (χ4v) is 0.754. The molecule has 1 heterocycles. The topological polar surface area (TPSA) is 13.1 Å². The fourth-order valence-electron chi connectivity index (χ4n) is 0.754. The van der Waals surface area contributed by atoms with Crippen molar-refractivity contribution in [3.63, 3.8) is 0 Å². The molecule has 0 aliphatic carbocycles. The highest BCUT2D eigenvalue weighted by molar-refractivity contribution is 5.14. The fraction of sp³-hybridized carbons (Fsp3) is 0.250. The first kappa shape index (κ1) is 7.06. The third-order valence-electron chi connectivity index (χ3n) is 1.25. The Bertz CT molecular complexity index is 211. The molecule has 0 amide bonds. The molecule has 0 aromatic carbocycles. The van der Waals surface area contributed by atoms with Crippen LogP contribution in [0.3, 0.4) is 0 Å². The number of rotatable bonds is 2. The Hall–Kier alpha value is -1.05. The summed E-state index contributed by atoms with van der Waals surface area (Å²) in [5.74, 6) is 0. The molecule has 54 valence electrons. The molecule has 0 N–H and O–H groups in total. The van der Waals surface area contributed by atoms with E-state index in [2.05, 4.69) is 0 Å². The summed E-state index contributed by atoms with van der Waals surface area (Å²) in [6.07, 6.45) is 4.45. The van der Waals surface area contributed by atoms with E-state index in [1.807, 2.05) is 6.07 Å². The normalized spacial score (nSPS) is 12.0. The van der Waals surface area contributed by atoms with E-state index in [9.17, 15) is 4.39 Å². The van der Waals surface area contributed by atoms with E-state index >= 15 is 0 Å². The number of hydrogen-bond donors (Lipinski definition) is 0. The molecule has 0 saturated heterocycles. The summed E-state index contributed by atoms with van der Waals surface area (Å²) in [4.78, 5) is 0. The van der Waals surface area contributed by atoms with Crippen molar-refractivity contribution in [3.05, 3.63) is 36.1 Å². The van der Waals surface area contributed by atoms with Crippen molar-refractivity contribution < 1.29 is 8.81 Å². The molecule has 0 unspecified atom stereocenters. The first-order valence-corrected chi connectivity index (χ1v) is 3.10. The van der Waals surface area contributed by atoms with Crippen molar-refractivity contribution >= 4 is 0 Å². The summed E-state index contributed by atoms with van der Waals surface area (Å²) >= 11 is 0. The summed E-state index contributed by atoms with van der Waals surface area (Å²) in [5, 5.41) is 0. The lowest BCUT2D eigenvalue weighted by Crippen LogP contribution is -1.80. The van der Waals surface area contributed by atoms with Crippen molar-refractivity contribution in [1.82, 2.24) is 0 Å². The van der Waals surface area contributed by atoms with Crippen molar-refractivity contribution in [2.24, 2.45) is 0 Å². The van der Waals surface area contributed by atoms with Crippen LogP contribution in [0.2, 0.25) is 0 Å². The second-order valence-corrected chi connectivity index (χ2v) is 2.26. The van der Waals surface area contributed by atoms with Crippen molar-refractivity contribution in [1.29, 1.82) is 0 Å². The van der Waals surface area contributed by atoms with E-state index in [-0.39, 0.29) is 0 Å². The lowest BCUT2D eigenvalue weighted by molar-refractivity contribution is 0.564. The average Bonchev–Trinajstić information content (AvgIpc) is 2.40. The Morgan fingerprint density at radius 3 is 3.10 bits per heavy atom. The monoisotopic (exact) mass is 140 g/mol. The highest BCUT2D eigenvalue weighted by Crippen LogP contribution is 2.07. The molecule has 0 atom stereocenters. The van der Waals surface area contributed by atoms with Crippen LogP contribution in [0.15, 0.2) is 34.9 Å². The van der Waals surface area contributed by atoms with Gasteiger partial charge in [0.15, 0.2) is 0 Å². The molecule has 0 radical (unpaired) electrons. The Kier molecular flexibility index (Phi) is 2.26. The van der Waals surface area contributed by atoms with Gasteiger partial charge in [-0.1, -0.05) is 0 Å². The quantitative estimate of drug-likeness (QED) is 0.615. The summed E-state index contributed by atoms with van der Waals surface area (Å²) < 4.78 is 16.6. The summed E-state index contributed by atoms with van der Waals surface area (Å²) in [7, 11) is 0. The lowest BCUT2D eigenvalue weighted by Gasteiger charge is -1.91. The lowest BCUT2D eigenvalue weighted by atomic mass is 10.1. The second-order valence-electron chi connectivity index (χ2n) is 2.26. The summed E-state index contributed by atoms with van der Waals surface area (Å²) in [6, 6.07) is 1.83. The van der Waals surface area contributed by atoms with E-state index in [0.29, 0.717) is 18.3 Å². The van der Waals surface area contributed by atoms with Crippen LogP contribution in [0.4, 0.5) is 4.39 Å². The van der Waals surface area contributed by atoms with E-state index in [0.717, 1.165) is 5.56 Å². The number of hydrogen-bond acceptors (Lipinski definition) is 1. The van der Waals surface area contributed by atoms with Crippen LogP contribution in [0.5, 0.6) is 0 Å². The summed E-state index contributed by atoms with van der Waals surface area (Å²) in [6.45, 7) is 1.74. The van der Waals surface area contributed by atoms with Gasteiger partial charge in [0.1, 0.15) is 0 Å². The van der Waals surface area contributed by atoms with Gasteiger partial charge < -0.3 is 4.42 Å². The molecule has 1 rings (SSSR count). The minimum Gasteiger partial charge on any atom is -0.472 e. The van der Waals surface area contributed by atoms with Gasteiger partial charge in [-0.2, -0.15) is 0 Å². The third-order valence-corrected chi connectivity index (χ3v) is 1.25. The van der Waals surface area contributed by atoms with Crippen LogP contribution in [0.1, 0.15) is 12.5 Å². The molecule has 0 aliphatic heterocycles. The molecule has 1 aromatic rings. The van der Waals surface area contributed by atoms with E-state index in [4.69, 9.17) is 4.42 Å². The van der Waals surface area contributed by atoms with E-state index < -0.39 is 0 Å². The van der Waals surface area contributed by atoms with Gasteiger partial charge in [-0.3, -0.25) is 0 Å². The van der Waals surface area contributed by atoms with Gasteiger partial charge in [-0.15, -0.1) is 0 Å². The van der Waals surface area contributed by atoms with Gasteiger partial charge >= 0.3 is 0 Å². The van der Waals surface area contributed by atoms with Gasteiger partial charge in [0.2, 0.25) is 0 Å². The molecule has 2 heteroatoms. The van der Waals surface area contributed by atoms with Crippen LogP contribution >= 0.6 is 0 Å². The zero-order valence-corrected chi connectivity index (χ0v) is 5.80.